The molecule has 2 saturated heterocycles. The van der Waals surface area contributed by atoms with Gasteiger partial charge >= 0.3 is 0 Å². The molecule has 2 aromatic rings. The Kier molecular flexibility index (Phi) is 8.06. The number of nitrogens with one attached hydrogen (secondary N) is 1. The first-order valence-electron chi connectivity index (χ1n) is 13.9. The molecule has 3 aliphatic rings. The number of hydrogen-bond acceptors (Lipinski definition) is 5. The highest BCUT2D eigenvalue weighted by atomic mass is 32.1. The molecule has 7 heteroatoms. The summed E-state index contributed by atoms with van der Waals surface area (Å²) in [5, 5.41) is 6.36. The molecule has 3 heterocycles. The number of hydrogen-bond donors (Lipinski definition) is 1. The predicted octanol–water partition coefficient (Wildman–Crippen LogP) is 5.27. The van der Waals surface area contributed by atoms with Crippen molar-refractivity contribution < 1.29 is 9.59 Å². The van der Waals surface area contributed by atoms with E-state index in [0.29, 0.717) is 6.04 Å². The van der Waals surface area contributed by atoms with Gasteiger partial charge in [0.15, 0.2) is 0 Å². The fourth-order valence-electron chi connectivity index (χ4n) is 6.16. The normalized spacial score (nSPS) is 24.8. The summed E-state index contributed by atoms with van der Waals surface area (Å²) in [5.41, 5.74) is 2.08. The smallest absolute Gasteiger partial charge is 0.246 e. The van der Waals surface area contributed by atoms with Crippen LogP contribution in [0.3, 0.4) is 0 Å². The highest BCUT2D eigenvalue weighted by molar-refractivity contribution is 7.10. The Balaban J connectivity index is 1.44. The van der Waals surface area contributed by atoms with Crippen molar-refractivity contribution in [2.24, 2.45) is 11.8 Å². The first kappa shape index (κ1) is 25.4. The van der Waals surface area contributed by atoms with Crippen molar-refractivity contribution in [3.63, 3.8) is 0 Å². The van der Waals surface area contributed by atoms with Gasteiger partial charge in [-0.1, -0.05) is 63.4 Å². The SMILES string of the molecule is CC[C@@H](C)C(=O)N[C@H](C(=O)N1C[C@H]2CCCN2C[C@H]1c1nc(-c2ccccc2)cs1)C1CCCCC1. The molecule has 2 aliphatic heterocycles. The standard InChI is InChI=1S/C29H40N4O2S/c1-3-20(2)27(34)31-26(22-13-8-5-9-14-22)29(35)33-17-23-15-10-16-32(23)18-25(33)28-30-24(19-36-28)21-11-6-4-7-12-21/h4,6-7,11-12,19-20,22-23,25-26H,3,5,8-10,13-18H2,1-2H3,(H,31,34)/t20-,23-,25+,26+/m1/s1. The van der Waals surface area contributed by atoms with Crippen LogP contribution >= 0.6 is 11.3 Å². The zero-order valence-corrected chi connectivity index (χ0v) is 22.5. The third-order valence-electron chi connectivity index (χ3n) is 8.59. The fraction of sp³-hybridized carbons (Fsp3) is 0.621. The lowest BCUT2D eigenvalue weighted by Crippen LogP contribution is -2.60. The molecule has 4 atom stereocenters. The summed E-state index contributed by atoms with van der Waals surface area (Å²) >= 11 is 1.66. The second kappa shape index (κ2) is 11.4. The van der Waals surface area contributed by atoms with Crippen molar-refractivity contribution in [1.82, 2.24) is 20.1 Å². The van der Waals surface area contributed by atoms with E-state index in [2.05, 4.69) is 32.6 Å². The molecule has 3 fully saturated rings. The molecule has 6 nitrogen and oxygen atoms in total. The average molecular weight is 509 g/mol. The Morgan fingerprint density at radius 1 is 1.08 bits per heavy atom. The van der Waals surface area contributed by atoms with Crippen LogP contribution in [0.2, 0.25) is 0 Å². The van der Waals surface area contributed by atoms with E-state index in [9.17, 15) is 9.59 Å². The topological polar surface area (TPSA) is 65.5 Å². The monoisotopic (exact) mass is 508 g/mol. The Labute approximate surface area is 219 Å². The zero-order valence-electron chi connectivity index (χ0n) is 21.7. The highest BCUT2D eigenvalue weighted by Crippen LogP contribution is 2.37. The lowest BCUT2D eigenvalue weighted by molar-refractivity contribution is -0.144. The maximum Gasteiger partial charge on any atom is 0.246 e. The minimum absolute atomic E-state index is 0.0121. The Morgan fingerprint density at radius 2 is 1.86 bits per heavy atom. The van der Waals surface area contributed by atoms with E-state index in [0.717, 1.165) is 74.4 Å². The number of benzene rings is 1. The van der Waals surface area contributed by atoms with E-state index in [1.54, 1.807) is 11.3 Å². The summed E-state index contributed by atoms with van der Waals surface area (Å²) in [6.07, 6.45) is 8.63. The van der Waals surface area contributed by atoms with Crippen molar-refractivity contribution in [2.45, 2.75) is 83.3 Å². The third kappa shape index (κ3) is 5.37. The molecule has 2 amide bonds. The van der Waals surface area contributed by atoms with Crippen LogP contribution in [0.25, 0.3) is 11.3 Å². The van der Waals surface area contributed by atoms with Crippen LogP contribution in [-0.2, 0) is 9.59 Å². The third-order valence-corrected chi connectivity index (χ3v) is 9.54. The summed E-state index contributed by atoms with van der Waals surface area (Å²) in [5.74, 6) is 0.251. The minimum atomic E-state index is -0.434. The minimum Gasteiger partial charge on any atom is -0.344 e. The first-order valence-corrected chi connectivity index (χ1v) is 14.8. The van der Waals surface area contributed by atoms with Gasteiger partial charge in [-0.15, -0.1) is 11.3 Å². The summed E-state index contributed by atoms with van der Waals surface area (Å²) in [7, 11) is 0. The quantitative estimate of drug-likeness (QED) is 0.553. The second-order valence-corrected chi connectivity index (χ2v) is 11.8. The maximum absolute atomic E-state index is 14.4. The van der Waals surface area contributed by atoms with Gasteiger partial charge in [0.25, 0.3) is 0 Å². The van der Waals surface area contributed by atoms with E-state index < -0.39 is 6.04 Å². The van der Waals surface area contributed by atoms with Gasteiger partial charge in [0.2, 0.25) is 11.8 Å². The van der Waals surface area contributed by atoms with Gasteiger partial charge in [0, 0.05) is 36.0 Å². The number of piperazine rings is 1. The molecule has 5 rings (SSSR count). The maximum atomic E-state index is 14.4. The van der Waals surface area contributed by atoms with E-state index in [-0.39, 0.29) is 29.7 Å². The van der Waals surface area contributed by atoms with Gasteiger partial charge in [0.1, 0.15) is 11.0 Å². The molecule has 194 valence electrons. The molecule has 1 aliphatic carbocycles. The zero-order chi connectivity index (χ0) is 25.1. The molecular formula is C29H40N4O2S. The summed E-state index contributed by atoms with van der Waals surface area (Å²) < 4.78 is 0. The largest absolute Gasteiger partial charge is 0.344 e. The van der Waals surface area contributed by atoms with Crippen molar-refractivity contribution in [2.75, 3.05) is 19.6 Å². The Hall–Kier alpha value is -2.25. The highest BCUT2D eigenvalue weighted by Gasteiger charge is 2.44. The molecule has 0 bridgehead atoms. The van der Waals surface area contributed by atoms with Gasteiger partial charge in [-0.3, -0.25) is 14.5 Å². The van der Waals surface area contributed by atoms with Crippen molar-refractivity contribution in [3.8, 4) is 11.3 Å². The van der Waals surface area contributed by atoms with E-state index in [1.807, 2.05) is 32.0 Å². The average Bonchev–Trinajstić information content (AvgIpc) is 3.60. The molecule has 1 N–H and O–H groups in total. The van der Waals surface area contributed by atoms with Crippen molar-refractivity contribution in [3.05, 3.63) is 40.7 Å². The van der Waals surface area contributed by atoms with Gasteiger partial charge in [-0.25, -0.2) is 4.98 Å². The lowest BCUT2D eigenvalue weighted by atomic mass is 9.82. The first-order chi connectivity index (χ1) is 17.5. The number of thiazole rings is 1. The number of nitrogens with zero attached hydrogens (tertiary/aromatic N) is 3. The molecule has 1 aromatic carbocycles. The van der Waals surface area contributed by atoms with Gasteiger partial charge in [-0.2, -0.15) is 0 Å². The van der Waals surface area contributed by atoms with E-state index in [4.69, 9.17) is 4.98 Å². The van der Waals surface area contributed by atoms with Gasteiger partial charge < -0.3 is 10.2 Å². The number of aromatic nitrogens is 1. The van der Waals surface area contributed by atoms with E-state index >= 15 is 0 Å². The van der Waals surface area contributed by atoms with Crippen LogP contribution in [0.1, 0.15) is 76.3 Å². The molecule has 36 heavy (non-hydrogen) atoms. The van der Waals surface area contributed by atoms with Crippen LogP contribution in [0.4, 0.5) is 0 Å². The van der Waals surface area contributed by atoms with Crippen LogP contribution in [0, 0.1) is 11.8 Å². The van der Waals surface area contributed by atoms with E-state index in [1.165, 1.54) is 12.8 Å². The molecule has 0 unspecified atom stereocenters. The Morgan fingerprint density at radius 3 is 2.61 bits per heavy atom. The van der Waals surface area contributed by atoms with Crippen molar-refractivity contribution >= 4 is 23.2 Å². The number of rotatable bonds is 7. The summed E-state index contributed by atoms with van der Waals surface area (Å²) in [6, 6.07) is 10.2. The lowest BCUT2D eigenvalue weighted by Gasteiger charge is -2.45. The van der Waals surface area contributed by atoms with Gasteiger partial charge in [-0.05, 0) is 44.6 Å². The van der Waals surface area contributed by atoms with Crippen LogP contribution in [0.15, 0.2) is 35.7 Å². The summed E-state index contributed by atoms with van der Waals surface area (Å²) in [4.78, 5) is 37.0. The van der Waals surface area contributed by atoms with Gasteiger partial charge in [0.05, 0.1) is 11.7 Å². The molecule has 1 aromatic heterocycles. The number of carbonyl (C=O) groups is 2. The fourth-order valence-corrected chi connectivity index (χ4v) is 7.09. The van der Waals surface area contributed by atoms with Crippen LogP contribution in [0.5, 0.6) is 0 Å². The number of fused-ring (bicyclic) bond motifs is 1. The molecule has 0 radical (unpaired) electrons. The molecule has 1 saturated carbocycles. The van der Waals surface area contributed by atoms with Crippen molar-refractivity contribution in [1.29, 1.82) is 0 Å². The molecule has 0 spiro atoms. The van der Waals surface area contributed by atoms with Crippen LogP contribution in [-0.4, -0.2) is 58.3 Å². The van der Waals surface area contributed by atoms with Crippen LogP contribution < -0.4 is 5.32 Å². The number of amides is 2. The number of carbonyl (C=O) groups excluding carboxylic acids is 2. The Bertz CT molecular complexity index is 1030. The summed E-state index contributed by atoms with van der Waals surface area (Å²) in [6.45, 7) is 6.64. The molecular weight excluding hydrogens is 468 g/mol. The predicted molar refractivity (Wildman–Crippen MR) is 145 cm³/mol. The second-order valence-electron chi connectivity index (χ2n) is 10.9.